The summed E-state index contributed by atoms with van der Waals surface area (Å²) in [5, 5.41) is 0. The van der Waals surface area contributed by atoms with E-state index in [1.54, 1.807) is 0 Å². The molecule has 1 rings (SSSR count). The van der Waals surface area contributed by atoms with Gasteiger partial charge in [-0.2, -0.15) is 0 Å². The SMILES string of the molecule is CCCCCCCCCCCCOP(=O)(O)O[C@@H]1[C@@H](OP(=O)(O)O)[C@H](OP(=O)(O)O)[C@@H](OP(=O)(O)O)[C@H](OP(=O)(O)O)[C@@H]1OP(=O)(O)O. The standard InChI is InChI=1S/C18H42O24P6/c1-2-3-4-5-6-7-8-9-10-11-12-36-48(34,35)42-18-16(40-46(28,29)30)14(38-44(22,23)24)13(37-43(19,20)21)15(39-45(25,26)27)17(18)41-47(31,32)33/h13-18H,2-12H2,1H3,(H,34,35)(H2,19,20,21)(H2,22,23,24)(H2,25,26,27)(H2,28,29,30)(H2,31,32,33)/t13-,14-,15+,16-,17-,18-/m0/s1. The second-order valence-corrected chi connectivity index (χ2v) is 17.7. The van der Waals surface area contributed by atoms with Gasteiger partial charge < -0.3 is 53.8 Å². The number of phosphoric ester groups is 6. The predicted octanol–water partition coefficient (Wildman–Crippen LogP) is 1.81. The van der Waals surface area contributed by atoms with Gasteiger partial charge in [-0.25, -0.2) is 27.4 Å². The Morgan fingerprint density at radius 3 is 0.854 bits per heavy atom. The maximum atomic E-state index is 12.9. The molecular formula is C18H42O24P6. The average Bonchev–Trinajstić information content (AvgIpc) is 2.85. The Labute approximate surface area is 274 Å². The molecule has 48 heavy (non-hydrogen) atoms. The highest BCUT2D eigenvalue weighted by Crippen LogP contribution is 2.58. The summed E-state index contributed by atoms with van der Waals surface area (Å²) >= 11 is 0. The van der Waals surface area contributed by atoms with Crippen molar-refractivity contribution in [2.24, 2.45) is 0 Å². The monoisotopic (exact) mass is 828 g/mol. The minimum Gasteiger partial charge on any atom is -0.303 e. The van der Waals surface area contributed by atoms with Crippen LogP contribution in [0.5, 0.6) is 0 Å². The van der Waals surface area contributed by atoms with Gasteiger partial charge in [0.1, 0.15) is 36.6 Å². The molecular weight excluding hydrogens is 786 g/mol. The number of hydrogen-bond donors (Lipinski definition) is 11. The molecule has 24 nitrogen and oxygen atoms in total. The third-order valence-electron chi connectivity index (χ3n) is 6.25. The quantitative estimate of drug-likeness (QED) is 0.0488. The first-order valence-corrected chi connectivity index (χ1v) is 23.1. The zero-order valence-corrected chi connectivity index (χ0v) is 30.5. The summed E-state index contributed by atoms with van der Waals surface area (Å²) in [6.07, 6.45) is -9.91. The van der Waals surface area contributed by atoms with Crippen molar-refractivity contribution in [1.29, 1.82) is 0 Å². The summed E-state index contributed by atoms with van der Waals surface area (Å²) in [7, 11) is -35.7. The van der Waals surface area contributed by atoms with Crippen LogP contribution in [0.4, 0.5) is 0 Å². The first kappa shape index (κ1) is 46.7. The van der Waals surface area contributed by atoms with Crippen molar-refractivity contribution >= 4 is 46.9 Å². The Hall–Kier alpha value is 0.660. The third kappa shape index (κ3) is 20.6. The van der Waals surface area contributed by atoms with Crippen molar-refractivity contribution in [3.8, 4) is 0 Å². The molecule has 0 radical (unpaired) electrons. The highest BCUT2D eigenvalue weighted by Gasteiger charge is 2.62. The fraction of sp³-hybridized carbons (Fsp3) is 1.00. The Morgan fingerprint density at radius 2 is 0.604 bits per heavy atom. The van der Waals surface area contributed by atoms with Crippen molar-refractivity contribution in [1.82, 2.24) is 0 Å². The van der Waals surface area contributed by atoms with Gasteiger partial charge in [0.05, 0.1) is 6.61 Å². The summed E-state index contributed by atoms with van der Waals surface area (Å²) in [6, 6.07) is 0. The van der Waals surface area contributed by atoms with Crippen LogP contribution in [0.15, 0.2) is 0 Å². The van der Waals surface area contributed by atoms with Crippen LogP contribution in [-0.2, 0) is 59.1 Å². The number of unbranched alkanes of at least 4 members (excludes halogenated alkanes) is 9. The normalized spacial score (nSPS) is 26.0. The second-order valence-electron chi connectivity index (χ2n) is 10.4. The summed E-state index contributed by atoms with van der Waals surface area (Å²) in [4.78, 5) is 105. The van der Waals surface area contributed by atoms with Crippen LogP contribution in [0.25, 0.3) is 0 Å². The molecule has 1 aliphatic rings. The molecule has 30 heteroatoms. The first-order chi connectivity index (χ1) is 21.6. The zero-order chi connectivity index (χ0) is 37.2. The molecule has 0 spiro atoms. The molecule has 1 aliphatic carbocycles. The lowest BCUT2D eigenvalue weighted by atomic mass is 9.85. The minimum atomic E-state index is -6.03. The van der Waals surface area contributed by atoms with E-state index in [2.05, 4.69) is 29.5 Å². The van der Waals surface area contributed by atoms with Gasteiger partial charge in [0.25, 0.3) is 0 Å². The van der Waals surface area contributed by atoms with Gasteiger partial charge in [-0.05, 0) is 6.42 Å². The fourth-order valence-corrected chi connectivity index (χ4v) is 8.34. The topological polar surface area (TPSA) is 390 Å². The van der Waals surface area contributed by atoms with Crippen LogP contribution >= 0.6 is 46.9 Å². The maximum Gasteiger partial charge on any atom is 0.472 e. The van der Waals surface area contributed by atoms with Crippen LogP contribution in [-0.4, -0.2) is 97.1 Å². The smallest absolute Gasteiger partial charge is 0.303 e. The summed E-state index contributed by atoms with van der Waals surface area (Å²) < 4.78 is 103. The molecule has 7 atom stereocenters. The largest absolute Gasteiger partial charge is 0.472 e. The summed E-state index contributed by atoms with van der Waals surface area (Å²) in [5.74, 6) is 0. The molecule has 0 aromatic heterocycles. The molecule has 0 saturated heterocycles. The van der Waals surface area contributed by atoms with Crippen LogP contribution in [0, 0.1) is 0 Å². The molecule has 0 aromatic carbocycles. The van der Waals surface area contributed by atoms with E-state index in [0.717, 1.165) is 44.9 Å². The van der Waals surface area contributed by atoms with Gasteiger partial charge in [-0.1, -0.05) is 64.7 Å². The molecule has 0 bridgehead atoms. The van der Waals surface area contributed by atoms with Gasteiger partial charge in [0.2, 0.25) is 0 Å². The number of phosphoric acid groups is 6. The molecule has 0 aliphatic heterocycles. The van der Waals surface area contributed by atoms with E-state index in [9.17, 15) is 81.2 Å². The molecule has 1 fully saturated rings. The Morgan fingerprint density at radius 1 is 0.375 bits per heavy atom. The number of rotatable bonds is 24. The van der Waals surface area contributed by atoms with E-state index in [-0.39, 0.29) is 6.42 Å². The Balaban J connectivity index is 3.49. The van der Waals surface area contributed by atoms with Crippen LogP contribution in [0.2, 0.25) is 0 Å². The van der Waals surface area contributed by atoms with Crippen molar-refractivity contribution in [3.05, 3.63) is 0 Å². The van der Waals surface area contributed by atoms with Crippen molar-refractivity contribution < 1.29 is 113 Å². The zero-order valence-electron chi connectivity index (χ0n) is 25.2. The third-order valence-corrected chi connectivity index (χ3v) is 9.85. The molecule has 0 aromatic rings. The highest BCUT2D eigenvalue weighted by molar-refractivity contribution is 7.48. The Bertz CT molecular complexity index is 1210. The van der Waals surface area contributed by atoms with Gasteiger partial charge in [-0.3, -0.25) is 31.7 Å². The van der Waals surface area contributed by atoms with E-state index in [1.165, 1.54) is 0 Å². The fourth-order valence-electron chi connectivity index (χ4n) is 4.59. The van der Waals surface area contributed by atoms with Gasteiger partial charge in [0, 0.05) is 0 Å². The van der Waals surface area contributed by atoms with Crippen LogP contribution in [0.3, 0.4) is 0 Å². The van der Waals surface area contributed by atoms with E-state index in [0.29, 0.717) is 12.8 Å². The maximum absolute atomic E-state index is 12.9. The van der Waals surface area contributed by atoms with E-state index < -0.39 is 90.2 Å². The van der Waals surface area contributed by atoms with Gasteiger partial charge in [0.15, 0.2) is 0 Å². The molecule has 288 valence electrons. The van der Waals surface area contributed by atoms with E-state index in [1.807, 2.05) is 0 Å². The van der Waals surface area contributed by atoms with Gasteiger partial charge >= 0.3 is 46.9 Å². The Kier molecular flexibility index (Phi) is 19.1. The minimum absolute atomic E-state index is 0.130. The molecule has 1 unspecified atom stereocenters. The van der Waals surface area contributed by atoms with E-state index >= 15 is 0 Å². The van der Waals surface area contributed by atoms with Crippen molar-refractivity contribution in [2.45, 2.75) is 108 Å². The average molecular weight is 828 g/mol. The summed E-state index contributed by atoms with van der Waals surface area (Å²) in [6.45, 7) is 1.55. The number of hydrogen-bond acceptors (Lipinski definition) is 13. The second kappa shape index (κ2) is 19.7. The molecule has 0 heterocycles. The first-order valence-electron chi connectivity index (χ1n) is 14.0. The van der Waals surface area contributed by atoms with E-state index in [4.69, 9.17) is 9.05 Å². The molecule has 0 amide bonds. The van der Waals surface area contributed by atoms with Crippen LogP contribution in [0.1, 0.15) is 71.1 Å². The molecule has 1 saturated carbocycles. The predicted molar refractivity (Wildman–Crippen MR) is 157 cm³/mol. The highest BCUT2D eigenvalue weighted by atomic mass is 31.2. The van der Waals surface area contributed by atoms with Crippen molar-refractivity contribution in [3.63, 3.8) is 0 Å². The molecule has 11 N–H and O–H groups in total. The van der Waals surface area contributed by atoms with Crippen molar-refractivity contribution in [2.75, 3.05) is 6.61 Å². The lowest BCUT2D eigenvalue weighted by molar-refractivity contribution is -0.202. The van der Waals surface area contributed by atoms with Crippen LogP contribution < -0.4 is 0 Å². The lowest BCUT2D eigenvalue weighted by Gasteiger charge is -2.48. The lowest BCUT2D eigenvalue weighted by Crippen LogP contribution is -2.66. The summed E-state index contributed by atoms with van der Waals surface area (Å²) in [5.41, 5.74) is 0. The van der Waals surface area contributed by atoms with Gasteiger partial charge in [-0.15, -0.1) is 0 Å².